The molecule has 8 nitrogen and oxygen atoms in total. The molecule has 0 saturated carbocycles. The number of alkyl halides is 3. The van der Waals surface area contributed by atoms with Crippen LogP contribution < -0.4 is 4.74 Å². The zero-order chi connectivity index (χ0) is 23.3. The first kappa shape index (κ1) is 21.7. The van der Waals surface area contributed by atoms with Gasteiger partial charge in [-0.3, -0.25) is 0 Å². The molecule has 0 aliphatic rings. The molecule has 0 amide bonds. The Morgan fingerprint density at radius 3 is 2.38 bits per heavy atom. The van der Waals surface area contributed by atoms with E-state index in [9.17, 15) is 17.6 Å². The highest BCUT2D eigenvalue weighted by Gasteiger charge is 2.37. The van der Waals surface area contributed by atoms with Gasteiger partial charge in [0.15, 0.2) is 17.3 Å². The highest BCUT2D eigenvalue weighted by atomic mass is 19.4. The Bertz CT molecular complexity index is 1290. The van der Waals surface area contributed by atoms with Gasteiger partial charge in [-0.25, -0.2) is 14.1 Å². The van der Waals surface area contributed by atoms with Crippen LogP contribution in [0.4, 0.5) is 17.6 Å². The number of aryl methyl sites for hydroxylation is 1. The first-order valence-corrected chi connectivity index (χ1v) is 9.57. The van der Waals surface area contributed by atoms with E-state index in [0.29, 0.717) is 11.2 Å². The van der Waals surface area contributed by atoms with Crippen LogP contribution in [0, 0.1) is 5.82 Å². The van der Waals surface area contributed by atoms with Crippen LogP contribution in [0.2, 0.25) is 0 Å². The van der Waals surface area contributed by atoms with Crippen molar-refractivity contribution in [2.75, 3.05) is 0 Å². The third kappa shape index (κ3) is 3.99. The van der Waals surface area contributed by atoms with Crippen LogP contribution in [0.25, 0.3) is 17.0 Å². The summed E-state index contributed by atoms with van der Waals surface area (Å²) in [5, 5.41) is 16.0. The molecule has 12 heteroatoms. The van der Waals surface area contributed by atoms with E-state index in [-0.39, 0.29) is 29.7 Å². The molecule has 0 N–H and O–H groups in total. The summed E-state index contributed by atoms with van der Waals surface area (Å²) in [6.07, 6.45) is -4.67. The fourth-order valence-electron chi connectivity index (χ4n) is 3.07. The van der Waals surface area contributed by atoms with Gasteiger partial charge < -0.3 is 4.74 Å². The van der Waals surface area contributed by atoms with Crippen LogP contribution in [0.15, 0.2) is 30.3 Å². The van der Waals surface area contributed by atoms with Crippen LogP contribution in [-0.2, 0) is 25.2 Å². The van der Waals surface area contributed by atoms with Gasteiger partial charge >= 0.3 is 6.18 Å². The minimum absolute atomic E-state index is 0.0304. The number of hydrogen-bond donors (Lipinski definition) is 0. The molecule has 32 heavy (non-hydrogen) atoms. The van der Waals surface area contributed by atoms with Gasteiger partial charge in [-0.1, -0.05) is 32.9 Å². The Kier molecular flexibility index (Phi) is 5.10. The maximum Gasteiger partial charge on any atom is 0.453 e. The number of fused-ring (bicyclic) bond motifs is 1. The predicted molar refractivity (Wildman–Crippen MR) is 105 cm³/mol. The van der Waals surface area contributed by atoms with Crippen molar-refractivity contribution in [3.63, 3.8) is 0 Å². The average Bonchev–Trinajstić information content (AvgIpc) is 3.28. The molecule has 0 aliphatic heterocycles. The first-order valence-electron chi connectivity index (χ1n) is 9.57. The molecule has 3 aromatic heterocycles. The van der Waals surface area contributed by atoms with E-state index in [1.807, 2.05) is 20.8 Å². The zero-order valence-corrected chi connectivity index (χ0v) is 17.6. The molecular formula is C20H19F4N7O. The van der Waals surface area contributed by atoms with Crippen molar-refractivity contribution in [1.82, 2.24) is 34.6 Å². The first-order chi connectivity index (χ1) is 14.9. The summed E-state index contributed by atoms with van der Waals surface area (Å²) in [4.78, 5) is 3.51. The highest BCUT2D eigenvalue weighted by molar-refractivity contribution is 5.60. The Balaban J connectivity index is 1.76. The summed E-state index contributed by atoms with van der Waals surface area (Å²) >= 11 is 0. The second-order valence-corrected chi connectivity index (χ2v) is 8.15. The standard InChI is InChI=1S/C20H19F4N7O/c1-19(2,3)12-9-14-26-27-16(11-7-5-6-8-13(11)21)31(14)28-17(12)32-10-15-25-18(20(22,23)24)29-30(15)4/h5-9H,10H2,1-4H3. The lowest BCUT2D eigenvalue weighted by atomic mass is 9.88. The molecule has 0 spiro atoms. The number of ether oxygens (including phenoxy) is 1. The van der Waals surface area contributed by atoms with E-state index in [2.05, 4.69) is 25.4 Å². The van der Waals surface area contributed by atoms with E-state index in [0.717, 1.165) is 4.68 Å². The van der Waals surface area contributed by atoms with E-state index in [4.69, 9.17) is 4.74 Å². The van der Waals surface area contributed by atoms with Crippen molar-refractivity contribution < 1.29 is 22.3 Å². The van der Waals surface area contributed by atoms with Gasteiger partial charge in [-0.05, 0) is 23.6 Å². The van der Waals surface area contributed by atoms with Gasteiger partial charge in [0.05, 0.1) is 5.56 Å². The largest absolute Gasteiger partial charge is 0.468 e. The van der Waals surface area contributed by atoms with E-state index >= 15 is 0 Å². The average molecular weight is 449 g/mol. The molecule has 0 bridgehead atoms. The summed E-state index contributed by atoms with van der Waals surface area (Å²) < 4.78 is 61.1. The molecule has 0 fully saturated rings. The van der Waals surface area contributed by atoms with Gasteiger partial charge in [-0.2, -0.15) is 17.7 Å². The summed E-state index contributed by atoms with van der Waals surface area (Å²) in [7, 11) is 1.35. The smallest absolute Gasteiger partial charge is 0.453 e. The number of rotatable bonds is 4. The van der Waals surface area contributed by atoms with Crippen LogP contribution in [0.5, 0.6) is 5.88 Å². The minimum Gasteiger partial charge on any atom is -0.468 e. The van der Waals surface area contributed by atoms with Crippen molar-refractivity contribution >= 4 is 5.65 Å². The molecule has 0 aliphatic carbocycles. The molecule has 0 saturated heterocycles. The molecular weight excluding hydrogens is 430 g/mol. The quantitative estimate of drug-likeness (QED) is 0.439. The van der Waals surface area contributed by atoms with Gasteiger partial charge in [0.2, 0.25) is 5.88 Å². The Hall–Kier alpha value is -3.57. The Morgan fingerprint density at radius 2 is 1.75 bits per heavy atom. The molecule has 3 heterocycles. The molecule has 0 atom stereocenters. The predicted octanol–water partition coefficient (Wildman–Crippen LogP) is 3.95. The second kappa shape index (κ2) is 7.53. The van der Waals surface area contributed by atoms with Crippen LogP contribution in [0.3, 0.4) is 0 Å². The molecule has 0 radical (unpaired) electrons. The van der Waals surface area contributed by atoms with E-state index < -0.39 is 23.2 Å². The topological polar surface area (TPSA) is 83.0 Å². The normalized spacial score (nSPS) is 12.5. The third-order valence-electron chi connectivity index (χ3n) is 4.73. The van der Waals surface area contributed by atoms with Crippen molar-refractivity contribution in [3.8, 4) is 17.3 Å². The molecule has 4 aromatic rings. The molecule has 168 valence electrons. The monoisotopic (exact) mass is 449 g/mol. The van der Waals surface area contributed by atoms with Crippen molar-refractivity contribution in [3.05, 3.63) is 53.4 Å². The molecule has 1 aromatic carbocycles. The van der Waals surface area contributed by atoms with E-state index in [1.54, 1.807) is 24.3 Å². The molecule has 0 unspecified atom stereocenters. The van der Waals surface area contributed by atoms with Crippen molar-refractivity contribution in [2.45, 2.75) is 39.0 Å². The zero-order valence-electron chi connectivity index (χ0n) is 17.6. The summed E-state index contributed by atoms with van der Waals surface area (Å²) in [5.41, 5.74) is 0.782. The highest BCUT2D eigenvalue weighted by Crippen LogP contribution is 2.32. The van der Waals surface area contributed by atoms with Crippen LogP contribution >= 0.6 is 0 Å². The Morgan fingerprint density at radius 1 is 1.03 bits per heavy atom. The lowest BCUT2D eigenvalue weighted by molar-refractivity contribution is -0.145. The fourth-order valence-corrected chi connectivity index (χ4v) is 3.07. The lowest BCUT2D eigenvalue weighted by Crippen LogP contribution is -2.17. The SMILES string of the molecule is Cn1nc(C(F)(F)F)nc1COc1nn2c(-c3ccccc3F)nnc2cc1C(C)(C)C. The summed E-state index contributed by atoms with van der Waals surface area (Å²) in [5.74, 6) is -1.47. The molecule has 4 rings (SSSR count). The summed E-state index contributed by atoms with van der Waals surface area (Å²) in [6.45, 7) is 5.46. The number of nitrogens with zero attached hydrogens (tertiary/aromatic N) is 7. The maximum absolute atomic E-state index is 14.3. The van der Waals surface area contributed by atoms with Gasteiger partial charge in [0, 0.05) is 12.6 Å². The van der Waals surface area contributed by atoms with E-state index in [1.165, 1.54) is 17.6 Å². The fraction of sp³-hybridized carbons (Fsp3) is 0.350. The lowest BCUT2D eigenvalue weighted by Gasteiger charge is -2.21. The Labute approximate surface area is 179 Å². The van der Waals surface area contributed by atoms with Crippen molar-refractivity contribution in [2.24, 2.45) is 7.05 Å². The number of aromatic nitrogens is 7. The number of benzene rings is 1. The third-order valence-corrected chi connectivity index (χ3v) is 4.73. The van der Waals surface area contributed by atoms with Crippen LogP contribution in [0.1, 0.15) is 38.0 Å². The van der Waals surface area contributed by atoms with Crippen LogP contribution in [-0.4, -0.2) is 34.6 Å². The maximum atomic E-state index is 14.3. The second-order valence-electron chi connectivity index (χ2n) is 8.15. The number of halogens is 4. The van der Waals surface area contributed by atoms with Gasteiger partial charge in [0.1, 0.15) is 12.4 Å². The summed E-state index contributed by atoms with van der Waals surface area (Å²) in [6, 6.07) is 7.76. The van der Waals surface area contributed by atoms with Gasteiger partial charge in [-0.15, -0.1) is 20.4 Å². The van der Waals surface area contributed by atoms with Gasteiger partial charge in [0.25, 0.3) is 5.82 Å². The number of hydrogen-bond acceptors (Lipinski definition) is 6. The minimum atomic E-state index is -4.67. The van der Waals surface area contributed by atoms with Crippen molar-refractivity contribution in [1.29, 1.82) is 0 Å².